The summed E-state index contributed by atoms with van der Waals surface area (Å²) in [4.78, 5) is 35.7. The Labute approximate surface area is 147 Å². The molecular weight excluding hydrogens is 376 g/mol. The van der Waals surface area contributed by atoms with Gasteiger partial charge in [-0.05, 0) is 37.3 Å². The summed E-state index contributed by atoms with van der Waals surface area (Å²) in [7, 11) is 0. The molecule has 0 unspecified atom stereocenters. The van der Waals surface area contributed by atoms with Crippen LogP contribution in [0.25, 0.3) is 0 Å². The number of hydrazine groups is 1. The van der Waals surface area contributed by atoms with Crippen molar-refractivity contribution < 1.29 is 19.1 Å². The van der Waals surface area contributed by atoms with Crippen molar-refractivity contribution in [2.45, 2.75) is 13.0 Å². The topological polar surface area (TPSA) is 84.5 Å². The molecule has 0 aliphatic carbocycles. The van der Waals surface area contributed by atoms with Crippen molar-refractivity contribution in [3.8, 4) is 0 Å². The maximum Gasteiger partial charge on any atom is 0.338 e. The summed E-state index contributed by atoms with van der Waals surface area (Å²) in [6.45, 7) is 1.42. The lowest BCUT2D eigenvalue weighted by Gasteiger charge is -2.14. The van der Waals surface area contributed by atoms with Crippen molar-refractivity contribution in [3.63, 3.8) is 0 Å². The van der Waals surface area contributed by atoms with Crippen molar-refractivity contribution in [1.82, 2.24) is 10.9 Å². The lowest BCUT2D eigenvalue weighted by molar-refractivity contribution is -0.129. The van der Waals surface area contributed by atoms with Crippen molar-refractivity contribution in [1.29, 1.82) is 0 Å². The molecule has 0 spiro atoms. The zero-order valence-electron chi connectivity index (χ0n) is 12.8. The van der Waals surface area contributed by atoms with Gasteiger partial charge >= 0.3 is 5.97 Å². The summed E-state index contributed by atoms with van der Waals surface area (Å²) < 4.78 is 5.79. The van der Waals surface area contributed by atoms with E-state index in [0.717, 1.165) is 4.47 Å². The molecule has 0 fully saturated rings. The molecule has 2 aromatic carbocycles. The van der Waals surface area contributed by atoms with Gasteiger partial charge in [0.15, 0.2) is 6.10 Å². The average molecular weight is 391 g/mol. The lowest BCUT2D eigenvalue weighted by atomic mass is 10.2. The first-order valence-corrected chi connectivity index (χ1v) is 7.88. The third-order valence-electron chi connectivity index (χ3n) is 3.05. The van der Waals surface area contributed by atoms with Gasteiger partial charge in [0.2, 0.25) is 0 Å². The summed E-state index contributed by atoms with van der Waals surface area (Å²) in [5, 5.41) is 0. The van der Waals surface area contributed by atoms with Crippen LogP contribution in [-0.2, 0) is 9.53 Å². The molecule has 0 bridgehead atoms. The molecule has 0 saturated carbocycles. The first kappa shape index (κ1) is 17.7. The average Bonchev–Trinajstić information content (AvgIpc) is 2.60. The van der Waals surface area contributed by atoms with Gasteiger partial charge in [0.1, 0.15) is 0 Å². The van der Waals surface area contributed by atoms with E-state index >= 15 is 0 Å². The highest BCUT2D eigenvalue weighted by molar-refractivity contribution is 9.10. The SMILES string of the molecule is C[C@@H](OC(=O)c1cccc(Br)c1)C(=O)NNC(=O)c1ccccc1. The Morgan fingerprint density at radius 3 is 2.29 bits per heavy atom. The molecule has 1 atom stereocenters. The number of halogens is 1. The number of esters is 1. The first-order valence-electron chi connectivity index (χ1n) is 7.09. The van der Waals surface area contributed by atoms with Gasteiger partial charge in [0, 0.05) is 10.0 Å². The summed E-state index contributed by atoms with van der Waals surface area (Å²) in [5.74, 6) is -1.73. The largest absolute Gasteiger partial charge is 0.449 e. The molecule has 2 rings (SSSR count). The van der Waals surface area contributed by atoms with Gasteiger partial charge in [-0.15, -0.1) is 0 Å². The fraction of sp³-hybridized carbons (Fsp3) is 0.118. The van der Waals surface area contributed by atoms with Gasteiger partial charge in [-0.2, -0.15) is 0 Å². The molecule has 2 aromatic rings. The van der Waals surface area contributed by atoms with Crippen LogP contribution < -0.4 is 10.9 Å². The number of amides is 2. The van der Waals surface area contributed by atoms with Gasteiger partial charge in [-0.3, -0.25) is 20.4 Å². The highest BCUT2D eigenvalue weighted by Gasteiger charge is 2.19. The smallest absolute Gasteiger partial charge is 0.338 e. The second kappa shape index (κ2) is 8.26. The van der Waals surface area contributed by atoms with Crippen LogP contribution in [0.3, 0.4) is 0 Å². The number of rotatable bonds is 4. The van der Waals surface area contributed by atoms with E-state index in [-0.39, 0.29) is 0 Å². The van der Waals surface area contributed by atoms with Gasteiger partial charge in [0.05, 0.1) is 5.56 Å². The van der Waals surface area contributed by atoms with Gasteiger partial charge in [-0.1, -0.05) is 40.2 Å². The normalized spacial score (nSPS) is 11.2. The molecule has 24 heavy (non-hydrogen) atoms. The van der Waals surface area contributed by atoms with Gasteiger partial charge in [-0.25, -0.2) is 4.79 Å². The van der Waals surface area contributed by atoms with E-state index in [1.165, 1.54) is 6.92 Å². The second-order valence-corrected chi connectivity index (χ2v) is 5.78. The standard InChI is InChI=1S/C17H15BrN2O4/c1-11(24-17(23)13-8-5-9-14(18)10-13)15(21)19-20-16(22)12-6-3-2-4-7-12/h2-11H,1H3,(H,19,21)(H,20,22)/t11-/m1/s1. The van der Waals surface area contributed by atoms with Crippen LogP contribution in [0.5, 0.6) is 0 Å². The fourth-order valence-electron chi connectivity index (χ4n) is 1.78. The highest BCUT2D eigenvalue weighted by Crippen LogP contribution is 2.13. The molecule has 2 amide bonds. The van der Waals surface area contributed by atoms with Crippen molar-refractivity contribution >= 4 is 33.7 Å². The first-order chi connectivity index (χ1) is 11.5. The lowest BCUT2D eigenvalue weighted by Crippen LogP contribution is -2.46. The van der Waals surface area contributed by atoms with Crippen molar-refractivity contribution in [2.75, 3.05) is 0 Å². The second-order valence-electron chi connectivity index (χ2n) is 4.87. The Balaban J connectivity index is 1.86. The summed E-state index contributed by atoms with van der Waals surface area (Å²) in [6, 6.07) is 15.0. The van der Waals surface area contributed by atoms with Crippen LogP contribution in [0.2, 0.25) is 0 Å². The van der Waals surface area contributed by atoms with Crippen LogP contribution in [0.1, 0.15) is 27.6 Å². The fourth-order valence-corrected chi connectivity index (χ4v) is 2.18. The Hall–Kier alpha value is -2.67. The van der Waals surface area contributed by atoms with E-state index in [1.807, 2.05) is 0 Å². The van der Waals surface area contributed by atoms with E-state index in [2.05, 4.69) is 26.8 Å². The predicted molar refractivity (Wildman–Crippen MR) is 91.1 cm³/mol. The van der Waals surface area contributed by atoms with Gasteiger partial charge in [0.25, 0.3) is 11.8 Å². The number of hydrogen-bond acceptors (Lipinski definition) is 4. The summed E-state index contributed by atoms with van der Waals surface area (Å²) in [6.07, 6.45) is -1.06. The Kier molecular flexibility index (Phi) is 6.08. The quantitative estimate of drug-likeness (QED) is 0.620. The monoisotopic (exact) mass is 390 g/mol. The molecule has 0 radical (unpaired) electrons. The molecule has 0 aromatic heterocycles. The minimum atomic E-state index is -1.06. The molecule has 0 heterocycles. The number of carbonyl (C=O) groups is 3. The molecule has 0 saturated heterocycles. The molecular formula is C17H15BrN2O4. The summed E-state index contributed by atoms with van der Waals surface area (Å²) >= 11 is 3.25. The predicted octanol–water partition coefficient (Wildman–Crippen LogP) is 2.46. The van der Waals surface area contributed by atoms with E-state index in [0.29, 0.717) is 11.1 Å². The maximum atomic E-state index is 12.0. The minimum Gasteiger partial charge on any atom is -0.449 e. The molecule has 124 valence electrons. The van der Waals surface area contributed by atoms with E-state index in [9.17, 15) is 14.4 Å². The van der Waals surface area contributed by atoms with Crippen LogP contribution in [0.15, 0.2) is 59.1 Å². The maximum absolute atomic E-state index is 12.0. The zero-order chi connectivity index (χ0) is 17.5. The number of ether oxygens (including phenoxy) is 1. The van der Waals surface area contributed by atoms with Crippen LogP contribution in [0.4, 0.5) is 0 Å². The highest BCUT2D eigenvalue weighted by atomic mass is 79.9. The minimum absolute atomic E-state index is 0.317. The molecule has 0 aliphatic rings. The molecule has 6 nitrogen and oxygen atoms in total. The number of hydrogen-bond donors (Lipinski definition) is 2. The van der Waals surface area contributed by atoms with Crippen LogP contribution >= 0.6 is 15.9 Å². The molecule has 7 heteroatoms. The zero-order valence-corrected chi connectivity index (χ0v) is 14.4. The van der Waals surface area contributed by atoms with Crippen LogP contribution in [0, 0.1) is 0 Å². The number of benzene rings is 2. The van der Waals surface area contributed by atoms with Crippen molar-refractivity contribution in [3.05, 3.63) is 70.2 Å². The Morgan fingerprint density at radius 2 is 1.62 bits per heavy atom. The summed E-state index contributed by atoms with van der Waals surface area (Å²) in [5.41, 5.74) is 5.21. The van der Waals surface area contributed by atoms with E-state index in [1.54, 1.807) is 54.6 Å². The molecule has 0 aliphatic heterocycles. The Morgan fingerprint density at radius 1 is 0.958 bits per heavy atom. The number of carbonyl (C=O) groups excluding carboxylic acids is 3. The molecule has 2 N–H and O–H groups in total. The Bertz CT molecular complexity index is 749. The van der Waals surface area contributed by atoms with E-state index in [4.69, 9.17) is 4.74 Å². The van der Waals surface area contributed by atoms with E-state index < -0.39 is 23.9 Å². The van der Waals surface area contributed by atoms with Gasteiger partial charge < -0.3 is 4.74 Å². The third kappa shape index (κ3) is 4.92. The number of nitrogens with one attached hydrogen (secondary N) is 2. The third-order valence-corrected chi connectivity index (χ3v) is 3.54. The van der Waals surface area contributed by atoms with Crippen molar-refractivity contribution in [2.24, 2.45) is 0 Å². The van der Waals surface area contributed by atoms with Crippen LogP contribution in [-0.4, -0.2) is 23.9 Å².